The van der Waals surface area contributed by atoms with Crippen LogP contribution in [0, 0.1) is 0 Å². The summed E-state index contributed by atoms with van der Waals surface area (Å²) in [5.41, 5.74) is 2.21. The van der Waals surface area contributed by atoms with E-state index < -0.39 is 23.9 Å². The Morgan fingerprint density at radius 2 is 1.31 bits per heavy atom. The van der Waals surface area contributed by atoms with E-state index in [0.29, 0.717) is 29.2 Å². The molecule has 4 rings (SSSR count). The van der Waals surface area contributed by atoms with Crippen LogP contribution >= 0.6 is 0 Å². The molecular formula is C36H36O9. The minimum absolute atomic E-state index is 0.0649. The van der Waals surface area contributed by atoms with Crippen molar-refractivity contribution >= 4 is 23.9 Å². The molecule has 0 radical (unpaired) electrons. The molecule has 0 amide bonds. The van der Waals surface area contributed by atoms with Gasteiger partial charge in [-0.3, -0.25) is 4.79 Å². The van der Waals surface area contributed by atoms with Crippen molar-refractivity contribution in [3.05, 3.63) is 103 Å². The van der Waals surface area contributed by atoms with E-state index >= 15 is 0 Å². The van der Waals surface area contributed by atoms with Crippen molar-refractivity contribution in [1.82, 2.24) is 0 Å². The van der Waals surface area contributed by atoms with Crippen LogP contribution < -0.4 is 14.2 Å². The summed E-state index contributed by atoms with van der Waals surface area (Å²) in [4.78, 5) is 48.1. The van der Waals surface area contributed by atoms with Gasteiger partial charge in [0.25, 0.3) is 0 Å². The second-order valence-corrected chi connectivity index (χ2v) is 10.5. The van der Waals surface area contributed by atoms with Crippen molar-refractivity contribution in [2.75, 3.05) is 13.2 Å². The molecule has 0 spiro atoms. The molecule has 45 heavy (non-hydrogen) atoms. The van der Waals surface area contributed by atoms with Gasteiger partial charge in [-0.1, -0.05) is 43.8 Å². The zero-order valence-corrected chi connectivity index (χ0v) is 25.0. The number of hydrogen-bond donors (Lipinski definition) is 0. The number of esters is 4. The highest BCUT2D eigenvalue weighted by Crippen LogP contribution is 2.26. The lowest BCUT2D eigenvalue weighted by atomic mass is 9.98. The highest BCUT2D eigenvalue weighted by molar-refractivity contribution is 5.93. The van der Waals surface area contributed by atoms with Crippen LogP contribution in [0.3, 0.4) is 0 Å². The van der Waals surface area contributed by atoms with Crippen LogP contribution in [0.4, 0.5) is 0 Å². The SMILES string of the molecule is C=CC(=O)Oc1ccc(-c2ccc(OC(=O)c3ccc(OCCCOC(=O)C(=C)CC(=O)OC4CCCCC4)cc3)cc2)cc1. The van der Waals surface area contributed by atoms with Crippen molar-refractivity contribution < 1.29 is 42.9 Å². The number of rotatable bonds is 14. The first-order valence-electron chi connectivity index (χ1n) is 14.8. The maximum atomic E-state index is 12.6. The van der Waals surface area contributed by atoms with Crippen LogP contribution in [-0.4, -0.2) is 43.2 Å². The molecule has 1 fully saturated rings. The Hall–Kier alpha value is -5.18. The Morgan fingerprint density at radius 1 is 0.733 bits per heavy atom. The van der Waals surface area contributed by atoms with Gasteiger partial charge in [0.05, 0.1) is 25.2 Å². The monoisotopic (exact) mass is 612 g/mol. The van der Waals surface area contributed by atoms with Crippen molar-refractivity contribution in [2.24, 2.45) is 0 Å². The van der Waals surface area contributed by atoms with Crippen LogP contribution in [-0.2, 0) is 23.9 Å². The molecule has 0 aromatic heterocycles. The molecule has 0 aliphatic heterocycles. The van der Waals surface area contributed by atoms with Crippen molar-refractivity contribution in [3.8, 4) is 28.4 Å². The Kier molecular flexibility index (Phi) is 12.1. The second-order valence-electron chi connectivity index (χ2n) is 10.5. The third kappa shape index (κ3) is 10.5. The normalized spacial score (nSPS) is 12.8. The molecule has 0 saturated heterocycles. The molecule has 0 heterocycles. The zero-order valence-electron chi connectivity index (χ0n) is 25.0. The lowest BCUT2D eigenvalue weighted by molar-refractivity contribution is -0.151. The predicted molar refractivity (Wildman–Crippen MR) is 167 cm³/mol. The molecule has 9 heteroatoms. The maximum absolute atomic E-state index is 12.6. The van der Waals surface area contributed by atoms with Crippen molar-refractivity contribution in [3.63, 3.8) is 0 Å². The van der Waals surface area contributed by atoms with Crippen LogP contribution in [0.1, 0.15) is 55.3 Å². The third-order valence-corrected chi connectivity index (χ3v) is 7.01. The van der Waals surface area contributed by atoms with E-state index in [1.165, 1.54) is 0 Å². The molecule has 234 valence electrons. The first kappa shape index (κ1) is 32.7. The fourth-order valence-electron chi connectivity index (χ4n) is 4.61. The van der Waals surface area contributed by atoms with E-state index in [2.05, 4.69) is 13.2 Å². The summed E-state index contributed by atoms with van der Waals surface area (Å²) in [5, 5.41) is 0. The van der Waals surface area contributed by atoms with Gasteiger partial charge in [-0.25, -0.2) is 14.4 Å². The molecule has 1 saturated carbocycles. The van der Waals surface area contributed by atoms with Crippen LogP contribution in [0.5, 0.6) is 17.2 Å². The van der Waals surface area contributed by atoms with E-state index in [9.17, 15) is 19.2 Å². The van der Waals surface area contributed by atoms with Crippen LogP contribution in [0.15, 0.2) is 97.6 Å². The van der Waals surface area contributed by atoms with Crippen molar-refractivity contribution in [1.29, 1.82) is 0 Å². The Morgan fingerprint density at radius 3 is 1.91 bits per heavy atom. The van der Waals surface area contributed by atoms with Crippen LogP contribution in [0.2, 0.25) is 0 Å². The number of hydrogen-bond acceptors (Lipinski definition) is 9. The zero-order chi connectivity index (χ0) is 32.0. The molecule has 0 bridgehead atoms. The summed E-state index contributed by atoms with van der Waals surface area (Å²) in [6, 6.07) is 20.6. The number of ether oxygens (including phenoxy) is 5. The standard InChI is InChI=1S/C36H36O9/c1-3-33(37)43-31-18-10-26(11-19-31)27-12-20-32(21-13-27)45-36(40)28-14-16-29(17-15-28)41-22-7-23-42-35(39)25(2)24-34(38)44-30-8-5-4-6-9-30/h3,10-21,30H,1-2,4-9,22-24H2. The highest BCUT2D eigenvalue weighted by atomic mass is 16.6. The fourth-order valence-corrected chi connectivity index (χ4v) is 4.61. The van der Waals surface area contributed by atoms with Gasteiger partial charge < -0.3 is 23.7 Å². The molecular weight excluding hydrogens is 576 g/mol. The lowest BCUT2D eigenvalue weighted by Gasteiger charge is -2.21. The molecule has 9 nitrogen and oxygen atoms in total. The third-order valence-electron chi connectivity index (χ3n) is 7.01. The largest absolute Gasteiger partial charge is 0.493 e. The summed E-state index contributed by atoms with van der Waals surface area (Å²) < 4.78 is 26.9. The van der Waals surface area contributed by atoms with Crippen LogP contribution in [0.25, 0.3) is 11.1 Å². The van der Waals surface area contributed by atoms with Gasteiger partial charge in [-0.05, 0) is 85.3 Å². The highest BCUT2D eigenvalue weighted by Gasteiger charge is 2.20. The van der Waals surface area contributed by atoms with E-state index in [0.717, 1.165) is 49.3 Å². The predicted octanol–water partition coefficient (Wildman–Crippen LogP) is 6.80. The molecule has 0 N–H and O–H groups in total. The first-order valence-corrected chi connectivity index (χ1v) is 14.8. The quantitative estimate of drug-likeness (QED) is 0.0839. The number of carbonyl (C=O) groups is 4. The fraction of sp³-hybridized carbons (Fsp3) is 0.278. The Labute approximate surface area is 262 Å². The summed E-state index contributed by atoms with van der Waals surface area (Å²) in [6.45, 7) is 7.41. The Bertz CT molecular complexity index is 1480. The van der Waals surface area contributed by atoms with Gasteiger partial charge in [0.1, 0.15) is 23.4 Å². The molecule has 0 atom stereocenters. The van der Waals surface area contributed by atoms with Crippen molar-refractivity contribution in [2.45, 2.75) is 51.0 Å². The summed E-state index contributed by atoms with van der Waals surface area (Å²) in [7, 11) is 0. The Balaban J connectivity index is 1.14. The molecule has 3 aromatic rings. The summed E-state index contributed by atoms with van der Waals surface area (Å²) >= 11 is 0. The average Bonchev–Trinajstić information content (AvgIpc) is 3.05. The smallest absolute Gasteiger partial charge is 0.343 e. The van der Waals surface area contributed by atoms with E-state index in [1.54, 1.807) is 48.5 Å². The molecule has 3 aromatic carbocycles. The second kappa shape index (κ2) is 16.6. The van der Waals surface area contributed by atoms with Gasteiger partial charge >= 0.3 is 23.9 Å². The topological polar surface area (TPSA) is 114 Å². The number of carbonyl (C=O) groups excluding carboxylic acids is 4. The first-order chi connectivity index (χ1) is 21.8. The average molecular weight is 613 g/mol. The van der Waals surface area contributed by atoms with Gasteiger partial charge in [-0.2, -0.15) is 0 Å². The van der Waals surface area contributed by atoms with Gasteiger partial charge in [0, 0.05) is 18.1 Å². The molecule has 1 aliphatic carbocycles. The lowest BCUT2D eigenvalue weighted by Crippen LogP contribution is -2.22. The summed E-state index contributed by atoms with van der Waals surface area (Å²) in [5.74, 6) is -0.777. The van der Waals surface area contributed by atoms with Gasteiger partial charge in [0.2, 0.25) is 0 Å². The van der Waals surface area contributed by atoms with Gasteiger partial charge in [0.15, 0.2) is 0 Å². The van der Waals surface area contributed by atoms with Gasteiger partial charge in [-0.15, -0.1) is 0 Å². The van der Waals surface area contributed by atoms with E-state index in [-0.39, 0.29) is 31.3 Å². The summed E-state index contributed by atoms with van der Waals surface area (Å²) in [6.07, 6.45) is 6.26. The van der Waals surface area contributed by atoms with E-state index in [1.807, 2.05) is 24.3 Å². The maximum Gasteiger partial charge on any atom is 0.343 e. The molecule has 1 aliphatic rings. The number of benzene rings is 3. The molecule has 0 unspecified atom stereocenters. The van der Waals surface area contributed by atoms with E-state index in [4.69, 9.17) is 23.7 Å². The minimum atomic E-state index is -0.629. The minimum Gasteiger partial charge on any atom is -0.493 e.